The number of piperazine rings is 1. The first kappa shape index (κ1) is 15.0. The molecule has 0 bridgehead atoms. The lowest BCUT2D eigenvalue weighted by Gasteiger charge is -2.37. The zero-order chi connectivity index (χ0) is 14.8. The van der Waals surface area contributed by atoms with E-state index in [-0.39, 0.29) is 29.8 Å². The quantitative estimate of drug-likeness (QED) is 0.904. The Morgan fingerprint density at radius 1 is 1.45 bits per heavy atom. The first-order valence-electron chi connectivity index (χ1n) is 7.06. The van der Waals surface area contributed by atoms with Crippen LogP contribution < -0.4 is 5.32 Å². The average Bonchev–Trinajstić information content (AvgIpc) is 2.89. The van der Waals surface area contributed by atoms with Crippen LogP contribution in [0.3, 0.4) is 0 Å². The molecule has 5 heteroatoms. The van der Waals surface area contributed by atoms with Crippen molar-refractivity contribution in [1.82, 2.24) is 10.2 Å². The van der Waals surface area contributed by atoms with Gasteiger partial charge in [0.2, 0.25) is 11.8 Å². The molecule has 1 atom stereocenters. The normalized spacial score (nSPS) is 20.1. The molecule has 1 aliphatic heterocycles. The van der Waals surface area contributed by atoms with E-state index in [0.29, 0.717) is 13.0 Å². The van der Waals surface area contributed by atoms with Crippen molar-refractivity contribution in [2.45, 2.75) is 45.1 Å². The summed E-state index contributed by atoms with van der Waals surface area (Å²) in [5.74, 6) is 0.00103. The van der Waals surface area contributed by atoms with Crippen LogP contribution in [-0.4, -0.2) is 35.8 Å². The van der Waals surface area contributed by atoms with Crippen molar-refractivity contribution in [3.63, 3.8) is 0 Å². The second-order valence-corrected chi connectivity index (χ2v) is 6.91. The summed E-state index contributed by atoms with van der Waals surface area (Å²) in [5, 5.41) is 4.83. The van der Waals surface area contributed by atoms with Crippen LogP contribution in [0.15, 0.2) is 17.5 Å². The first-order chi connectivity index (χ1) is 9.44. The standard InChI is InChI=1S/C15H22N2O2S/c1-4-6-11-14(19)17(9-13(18)16-11)10-15(2,3)12-7-5-8-20-12/h5,7-8,11H,4,6,9-10H2,1-3H3,(H,16,18). The largest absolute Gasteiger partial charge is 0.343 e. The van der Waals surface area contributed by atoms with E-state index in [1.54, 1.807) is 16.2 Å². The Balaban J connectivity index is 2.11. The molecule has 0 aromatic carbocycles. The van der Waals surface area contributed by atoms with Gasteiger partial charge >= 0.3 is 0 Å². The van der Waals surface area contributed by atoms with E-state index >= 15 is 0 Å². The number of nitrogens with one attached hydrogen (secondary N) is 1. The molecule has 20 heavy (non-hydrogen) atoms. The monoisotopic (exact) mass is 294 g/mol. The van der Waals surface area contributed by atoms with Gasteiger partial charge in [-0.25, -0.2) is 0 Å². The Morgan fingerprint density at radius 3 is 2.80 bits per heavy atom. The van der Waals surface area contributed by atoms with Crippen molar-refractivity contribution in [3.8, 4) is 0 Å². The molecule has 0 saturated carbocycles. The Bertz CT molecular complexity index is 482. The van der Waals surface area contributed by atoms with Crippen LogP contribution in [0, 0.1) is 0 Å². The lowest BCUT2D eigenvalue weighted by Crippen LogP contribution is -2.59. The van der Waals surface area contributed by atoms with Gasteiger partial charge in [-0.3, -0.25) is 9.59 Å². The maximum Gasteiger partial charge on any atom is 0.245 e. The third-order valence-corrected chi connectivity index (χ3v) is 4.87. The van der Waals surface area contributed by atoms with E-state index in [2.05, 4.69) is 25.2 Å². The number of hydrogen-bond acceptors (Lipinski definition) is 3. The Hall–Kier alpha value is -1.36. The zero-order valence-corrected chi connectivity index (χ0v) is 13.1. The minimum atomic E-state index is -0.347. The van der Waals surface area contributed by atoms with E-state index in [4.69, 9.17) is 0 Å². The van der Waals surface area contributed by atoms with Gasteiger partial charge in [0.05, 0.1) is 6.54 Å². The van der Waals surface area contributed by atoms with Gasteiger partial charge in [0.25, 0.3) is 0 Å². The number of rotatable bonds is 5. The van der Waals surface area contributed by atoms with Gasteiger partial charge in [-0.05, 0) is 17.9 Å². The van der Waals surface area contributed by atoms with Gasteiger partial charge < -0.3 is 10.2 Å². The second kappa shape index (κ2) is 5.95. The number of carbonyl (C=O) groups excluding carboxylic acids is 2. The Morgan fingerprint density at radius 2 is 2.20 bits per heavy atom. The number of amides is 2. The molecule has 0 radical (unpaired) electrons. The molecule has 110 valence electrons. The third kappa shape index (κ3) is 3.20. The summed E-state index contributed by atoms with van der Waals surface area (Å²) in [6.07, 6.45) is 1.60. The van der Waals surface area contributed by atoms with Crippen LogP contribution in [0.5, 0.6) is 0 Å². The lowest BCUT2D eigenvalue weighted by atomic mass is 9.90. The first-order valence-corrected chi connectivity index (χ1v) is 7.94. The summed E-state index contributed by atoms with van der Waals surface area (Å²) in [4.78, 5) is 27.1. The van der Waals surface area contributed by atoms with Gasteiger partial charge in [0.15, 0.2) is 0 Å². The molecular formula is C15H22N2O2S. The van der Waals surface area contributed by atoms with Crippen molar-refractivity contribution in [3.05, 3.63) is 22.4 Å². The highest BCUT2D eigenvalue weighted by Crippen LogP contribution is 2.29. The van der Waals surface area contributed by atoms with E-state index in [0.717, 1.165) is 6.42 Å². The summed E-state index contributed by atoms with van der Waals surface area (Å²) in [7, 11) is 0. The molecule has 2 rings (SSSR count). The summed E-state index contributed by atoms with van der Waals surface area (Å²) in [6.45, 7) is 7.02. The fraction of sp³-hybridized carbons (Fsp3) is 0.600. The fourth-order valence-electron chi connectivity index (χ4n) is 2.61. The van der Waals surface area contributed by atoms with E-state index < -0.39 is 0 Å². The third-order valence-electron chi connectivity index (χ3n) is 3.63. The number of thiophene rings is 1. The summed E-state index contributed by atoms with van der Waals surface area (Å²) < 4.78 is 0. The predicted molar refractivity (Wildman–Crippen MR) is 80.8 cm³/mol. The predicted octanol–water partition coefficient (Wildman–Crippen LogP) is 2.15. The number of hydrogen-bond donors (Lipinski definition) is 1. The molecule has 2 amide bonds. The van der Waals surface area contributed by atoms with Crippen molar-refractivity contribution in [2.75, 3.05) is 13.1 Å². The van der Waals surface area contributed by atoms with Gasteiger partial charge in [-0.15, -0.1) is 11.3 Å². The molecule has 0 aliphatic carbocycles. The summed E-state index contributed by atoms with van der Waals surface area (Å²) in [5.41, 5.74) is -0.127. The minimum absolute atomic E-state index is 0.0509. The van der Waals surface area contributed by atoms with Gasteiger partial charge in [-0.1, -0.05) is 33.3 Å². The minimum Gasteiger partial charge on any atom is -0.343 e. The number of carbonyl (C=O) groups is 2. The fourth-order valence-corrected chi connectivity index (χ4v) is 3.45. The van der Waals surface area contributed by atoms with Crippen LogP contribution in [-0.2, 0) is 15.0 Å². The Labute approximate surface area is 124 Å². The van der Waals surface area contributed by atoms with Gasteiger partial charge in [0.1, 0.15) is 6.04 Å². The highest BCUT2D eigenvalue weighted by atomic mass is 32.1. The van der Waals surface area contributed by atoms with Gasteiger partial charge in [0, 0.05) is 16.8 Å². The zero-order valence-electron chi connectivity index (χ0n) is 12.3. The van der Waals surface area contributed by atoms with Crippen molar-refractivity contribution < 1.29 is 9.59 Å². The highest BCUT2D eigenvalue weighted by molar-refractivity contribution is 7.10. The molecule has 1 aliphatic rings. The van der Waals surface area contributed by atoms with Crippen LogP contribution >= 0.6 is 11.3 Å². The molecule has 1 unspecified atom stereocenters. The molecule has 2 heterocycles. The number of nitrogens with zero attached hydrogens (tertiary/aromatic N) is 1. The Kier molecular flexibility index (Phi) is 4.48. The topological polar surface area (TPSA) is 49.4 Å². The van der Waals surface area contributed by atoms with Crippen LogP contribution in [0.25, 0.3) is 0 Å². The average molecular weight is 294 g/mol. The maximum atomic E-state index is 12.4. The van der Waals surface area contributed by atoms with Gasteiger partial charge in [-0.2, -0.15) is 0 Å². The summed E-state index contributed by atoms with van der Waals surface area (Å²) >= 11 is 1.69. The molecule has 0 spiro atoms. The molecule has 1 N–H and O–H groups in total. The van der Waals surface area contributed by atoms with E-state index in [1.165, 1.54) is 4.88 Å². The van der Waals surface area contributed by atoms with Crippen LogP contribution in [0.4, 0.5) is 0 Å². The lowest BCUT2D eigenvalue weighted by molar-refractivity contribution is -0.145. The van der Waals surface area contributed by atoms with E-state index in [9.17, 15) is 9.59 Å². The second-order valence-electron chi connectivity index (χ2n) is 5.96. The molecule has 1 aromatic rings. The molecule has 1 fully saturated rings. The highest BCUT2D eigenvalue weighted by Gasteiger charge is 2.35. The maximum absolute atomic E-state index is 12.4. The van der Waals surface area contributed by atoms with Crippen molar-refractivity contribution in [2.24, 2.45) is 0 Å². The summed E-state index contributed by atoms with van der Waals surface area (Å²) in [6, 6.07) is 3.76. The SMILES string of the molecule is CCCC1NC(=O)CN(CC(C)(C)c2cccs2)C1=O. The van der Waals surface area contributed by atoms with Crippen molar-refractivity contribution >= 4 is 23.2 Å². The smallest absolute Gasteiger partial charge is 0.245 e. The molecule has 4 nitrogen and oxygen atoms in total. The van der Waals surface area contributed by atoms with Crippen LogP contribution in [0.1, 0.15) is 38.5 Å². The molecule has 1 aromatic heterocycles. The molecular weight excluding hydrogens is 272 g/mol. The van der Waals surface area contributed by atoms with Crippen LogP contribution in [0.2, 0.25) is 0 Å². The van der Waals surface area contributed by atoms with Crippen molar-refractivity contribution in [1.29, 1.82) is 0 Å². The van der Waals surface area contributed by atoms with E-state index in [1.807, 2.05) is 18.4 Å². The molecule has 1 saturated heterocycles.